The number of rotatable bonds is 3. The minimum absolute atomic E-state index is 0.0876. The molecule has 0 saturated carbocycles. The predicted octanol–water partition coefficient (Wildman–Crippen LogP) is 2.19. The fourth-order valence-electron chi connectivity index (χ4n) is 0.899. The lowest BCUT2D eigenvalue weighted by molar-refractivity contribution is 0.588. The average molecular weight is 185 g/mol. The van der Waals surface area contributed by atoms with Crippen LogP contribution in [0.3, 0.4) is 0 Å². The Bertz CT molecular complexity index is 250. The smallest absolute Gasteiger partial charge is 0.127 e. The van der Waals surface area contributed by atoms with Crippen LogP contribution < -0.4 is 5.32 Å². The molecule has 0 fully saturated rings. The maximum Gasteiger partial charge on any atom is 0.127 e. The minimum Gasteiger partial charge on any atom is -0.302 e. The van der Waals surface area contributed by atoms with Crippen molar-refractivity contribution >= 4 is 12.6 Å². The third kappa shape index (κ3) is 2.83. The first kappa shape index (κ1) is 9.55. The molecule has 0 aliphatic carbocycles. The van der Waals surface area contributed by atoms with Crippen LogP contribution in [0, 0.1) is 5.82 Å². The lowest BCUT2D eigenvalue weighted by Gasteiger charge is -2.07. The predicted molar refractivity (Wildman–Crippen MR) is 51.7 cm³/mol. The zero-order valence-corrected chi connectivity index (χ0v) is 7.81. The summed E-state index contributed by atoms with van der Waals surface area (Å²) >= 11 is 4.13. The molecule has 1 rings (SSSR count). The molecule has 3 heteroatoms. The lowest BCUT2D eigenvalue weighted by atomic mass is 10.2. The van der Waals surface area contributed by atoms with Gasteiger partial charge in [-0.3, -0.25) is 0 Å². The molecule has 1 aromatic rings. The molecule has 1 N–H and O–H groups in total. The number of nitrogens with one attached hydrogen (secondary N) is 1. The van der Waals surface area contributed by atoms with Gasteiger partial charge >= 0.3 is 0 Å². The molecule has 0 spiro atoms. The van der Waals surface area contributed by atoms with Crippen molar-refractivity contribution < 1.29 is 4.39 Å². The summed E-state index contributed by atoms with van der Waals surface area (Å²) in [7, 11) is 0. The molecule has 0 aliphatic rings. The van der Waals surface area contributed by atoms with E-state index in [4.69, 9.17) is 0 Å². The van der Waals surface area contributed by atoms with Gasteiger partial charge in [-0.25, -0.2) is 4.39 Å². The molecule has 0 heterocycles. The second-order valence-corrected chi connectivity index (χ2v) is 3.42. The Morgan fingerprint density at radius 3 is 2.75 bits per heavy atom. The molecule has 12 heavy (non-hydrogen) atoms. The van der Waals surface area contributed by atoms with Gasteiger partial charge in [-0.15, -0.1) is 0 Å². The third-order valence-electron chi connectivity index (χ3n) is 1.55. The van der Waals surface area contributed by atoms with E-state index < -0.39 is 0 Å². The Balaban J connectivity index is 2.57. The second-order valence-electron chi connectivity index (χ2n) is 2.65. The van der Waals surface area contributed by atoms with Gasteiger partial charge < -0.3 is 5.32 Å². The number of thiol groups is 1. The molecule has 0 bridgehead atoms. The zero-order chi connectivity index (χ0) is 8.97. The molecule has 0 aromatic heterocycles. The van der Waals surface area contributed by atoms with E-state index in [0.717, 1.165) is 0 Å². The maximum atomic E-state index is 13.0. The fourth-order valence-corrected chi connectivity index (χ4v) is 0.991. The van der Waals surface area contributed by atoms with E-state index in [1.54, 1.807) is 12.1 Å². The lowest BCUT2D eigenvalue weighted by Crippen LogP contribution is -2.20. The van der Waals surface area contributed by atoms with Crippen molar-refractivity contribution in [3.8, 4) is 0 Å². The Morgan fingerprint density at radius 2 is 2.17 bits per heavy atom. The van der Waals surface area contributed by atoms with Crippen molar-refractivity contribution in [2.75, 3.05) is 0 Å². The molecule has 1 atom stereocenters. The Labute approximate surface area is 77.4 Å². The highest BCUT2D eigenvalue weighted by atomic mass is 32.1. The minimum atomic E-state index is -0.168. The van der Waals surface area contributed by atoms with Crippen molar-refractivity contribution in [1.29, 1.82) is 0 Å². The van der Waals surface area contributed by atoms with Crippen LogP contribution in [-0.4, -0.2) is 5.37 Å². The molecular weight excluding hydrogens is 173 g/mol. The van der Waals surface area contributed by atoms with Crippen molar-refractivity contribution in [1.82, 2.24) is 5.32 Å². The van der Waals surface area contributed by atoms with Crippen LogP contribution in [0.4, 0.5) is 4.39 Å². The summed E-state index contributed by atoms with van der Waals surface area (Å²) in [5, 5.41) is 3.11. The quantitative estimate of drug-likeness (QED) is 0.543. The standard InChI is InChI=1S/C9H12FNS/c1-7(12)11-6-8-4-2-3-5-9(8)10/h2-5,7,11-12H,6H2,1H3. The van der Waals surface area contributed by atoms with E-state index >= 15 is 0 Å². The average Bonchev–Trinajstić information content (AvgIpc) is 2.03. The monoisotopic (exact) mass is 185 g/mol. The molecule has 0 amide bonds. The van der Waals surface area contributed by atoms with Gasteiger partial charge in [0.05, 0.1) is 0 Å². The Morgan fingerprint density at radius 1 is 1.50 bits per heavy atom. The molecular formula is C9H12FNS. The van der Waals surface area contributed by atoms with Gasteiger partial charge in [0.2, 0.25) is 0 Å². The Kier molecular flexibility index (Phi) is 3.56. The summed E-state index contributed by atoms with van der Waals surface area (Å²) < 4.78 is 13.0. The van der Waals surface area contributed by atoms with Gasteiger partial charge in [-0.05, 0) is 13.0 Å². The maximum absolute atomic E-state index is 13.0. The van der Waals surface area contributed by atoms with Gasteiger partial charge in [0.15, 0.2) is 0 Å². The van der Waals surface area contributed by atoms with E-state index in [2.05, 4.69) is 17.9 Å². The highest BCUT2D eigenvalue weighted by Gasteiger charge is 2.00. The van der Waals surface area contributed by atoms with E-state index in [0.29, 0.717) is 12.1 Å². The van der Waals surface area contributed by atoms with Crippen LogP contribution in [0.15, 0.2) is 24.3 Å². The van der Waals surface area contributed by atoms with Crippen LogP contribution in [-0.2, 0) is 6.54 Å². The number of hydrogen-bond donors (Lipinski definition) is 2. The Hall–Kier alpha value is -0.540. The van der Waals surface area contributed by atoms with Gasteiger partial charge in [0, 0.05) is 17.5 Å². The van der Waals surface area contributed by atoms with Crippen LogP contribution >= 0.6 is 12.6 Å². The molecule has 1 aromatic carbocycles. The van der Waals surface area contributed by atoms with E-state index in [-0.39, 0.29) is 11.2 Å². The summed E-state index contributed by atoms with van der Waals surface area (Å²) in [6.07, 6.45) is 0. The van der Waals surface area contributed by atoms with Crippen LogP contribution in [0.5, 0.6) is 0 Å². The first-order valence-electron chi connectivity index (χ1n) is 3.85. The molecule has 66 valence electrons. The zero-order valence-electron chi connectivity index (χ0n) is 6.92. The summed E-state index contributed by atoms with van der Waals surface area (Å²) in [4.78, 5) is 0. The topological polar surface area (TPSA) is 12.0 Å². The van der Waals surface area contributed by atoms with Gasteiger partial charge in [-0.2, -0.15) is 12.6 Å². The summed E-state index contributed by atoms with van der Waals surface area (Å²) in [5.74, 6) is -0.168. The highest BCUT2D eigenvalue weighted by Crippen LogP contribution is 2.05. The normalized spacial score (nSPS) is 12.9. The molecule has 1 nitrogen and oxygen atoms in total. The third-order valence-corrected chi connectivity index (χ3v) is 1.73. The first-order valence-corrected chi connectivity index (χ1v) is 4.36. The van der Waals surface area contributed by atoms with E-state index in [1.807, 2.05) is 13.0 Å². The van der Waals surface area contributed by atoms with Crippen LogP contribution in [0.2, 0.25) is 0 Å². The molecule has 0 aliphatic heterocycles. The van der Waals surface area contributed by atoms with Gasteiger partial charge in [-0.1, -0.05) is 18.2 Å². The number of benzene rings is 1. The van der Waals surface area contributed by atoms with Crippen LogP contribution in [0.25, 0.3) is 0 Å². The number of halogens is 1. The van der Waals surface area contributed by atoms with Crippen molar-refractivity contribution in [2.24, 2.45) is 0 Å². The largest absolute Gasteiger partial charge is 0.302 e. The summed E-state index contributed by atoms with van der Waals surface area (Å²) in [6, 6.07) is 6.73. The fraction of sp³-hybridized carbons (Fsp3) is 0.333. The van der Waals surface area contributed by atoms with Crippen molar-refractivity contribution in [3.05, 3.63) is 35.6 Å². The van der Waals surface area contributed by atoms with Crippen molar-refractivity contribution in [2.45, 2.75) is 18.8 Å². The second kappa shape index (κ2) is 4.48. The number of hydrogen-bond acceptors (Lipinski definition) is 2. The first-order chi connectivity index (χ1) is 5.70. The van der Waals surface area contributed by atoms with Gasteiger partial charge in [0.25, 0.3) is 0 Å². The van der Waals surface area contributed by atoms with E-state index in [1.165, 1.54) is 6.07 Å². The van der Waals surface area contributed by atoms with E-state index in [9.17, 15) is 4.39 Å². The van der Waals surface area contributed by atoms with Crippen molar-refractivity contribution in [3.63, 3.8) is 0 Å². The van der Waals surface area contributed by atoms with Crippen LogP contribution in [0.1, 0.15) is 12.5 Å². The summed E-state index contributed by atoms with van der Waals surface area (Å²) in [6.45, 7) is 2.43. The van der Waals surface area contributed by atoms with Gasteiger partial charge in [0.1, 0.15) is 5.82 Å². The molecule has 1 unspecified atom stereocenters. The summed E-state index contributed by atoms with van der Waals surface area (Å²) in [5.41, 5.74) is 0.679. The SMILES string of the molecule is CC(S)NCc1ccccc1F. The molecule has 0 radical (unpaired) electrons. The highest BCUT2D eigenvalue weighted by molar-refractivity contribution is 7.80. The molecule has 0 saturated heterocycles.